The fourth-order valence-corrected chi connectivity index (χ4v) is 4.04. The number of nitrogens with one attached hydrogen (secondary N) is 2. The summed E-state index contributed by atoms with van der Waals surface area (Å²) < 4.78 is 1.96. The molecule has 1 saturated carbocycles. The molecule has 1 fully saturated rings. The smallest absolute Gasteiger partial charge is 0.257 e. The van der Waals surface area contributed by atoms with Crippen molar-refractivity contribution >= 4 is 11.7 Å². The van der Waals surface area contributed by atoms with Crippen molar-refractivity contribution in [2.45, 2.75) is 64.1 Å². The Morgan fingerprint density at radius 2 is 2.00 bits per heavy atom. The van der Waals surface area contributed by atoms with Gasteiger partial charge in [0, 0.05) is 6.04 Å². The van der Waals surface area contributed by atoms with Gasteiger partial charge in [-0.15, -0.1) is 0 Å². The van der Waals surface area contributed by atoms with E-state index in [0.29, 0.717) is 6.04 Å². The molecule has 132 valence electrons. The van der Waals surface area contributed by atoms with Crippen LogP contribution >= 0.6 is 0 Å². The number of rotatable bonds is 4. The number of carbonyl (C=O) groups excluding carboxylic acids is 1. The molecule has 25 heavy (non-hydrogen) atoms. The lowest BCUT2D eigenvalue weighted by Crippen LogP contribution is -2.36. The Morgan fingerprint density at radius 3 is 2.72 bits per heavy atom. The molecule has 1 aromatic carbocycles. The molecule has 2 heterocycles. The van der Waals surface area contributed by atoms with E-state index in [1.165, 1.54) is 24.8 Å². The molecule has 0 spiro atoms. The monoisotopic (exact) mass is 338 g/mol. The molecule has 5 heteroatoms. The summed E-state index contributed by atoms with van der Waals surface area (Å²) in [4.78, 5) is 13.0. The molecule has 5 nitrogen and oxygen atoms in total. The molecule has 2 N–H and O–H groups in total. The summed E-state index contributed by atoms with van der Waals surface area (Å²) in [5.74, 6) is 0.908. The second kappa shape index (κ2) is 6.90. The molecular weight excluding hydrogens is 312 g/mol. The third-order valence-electron chi connectivity index (χ3n) is 5.40. The fraction of sp³-hybridized carbons (Fsp3) is 0.500. The van der Waals surface area contributed by atoms with Crippen molar-refractivity contribution in [2.24, 2.45) is 0 Å². The number of fused-ring (bicyclic) bond motifs is 1. The zero-order valence-electron chi connectivity index (χ0n) is 14.8. The van der Waals surface area contributed by atoms with Crippen LogP contribution in [0.15, 0.2) is 30.3 Å². The number of benzene rings is 1. The summed E-state index contributed by atoms with van der Waals surface area (Å²) in [6.07, 6.45) is 6.67. The maximum absolute atomic E-state index is 13.0. The Kier molecular flexibility index (Phi) is 4.47. The highest BCUT2D eigenvalue weighted by molar-refractivity contribution is 6.00. The van der Waals surface area contributed by atoms with Crippen LogP contribution in [0.5, 0.6) is 0 Å². The van der Waals surface area contributed by atoms with Gasteiger partial charge >= 0.3 is 0 Å². The van der Waals surface area contributed by atoms with Crippen LogP contribution in [0.2, 0.25) is 0 Å². The topological polar surface area (TPSA) is 59.0 Å². The van der Waals surface area contributed by atoms with Gasteiger partial charge in [-0.05, 0) is 24.8 Å². The number of aromatic nitrogens is 2. The Labute approximate surface area is 148 Å². The van der Waals surface area contributed by atoms with Crippen molar-refractivity contribution in [3.63, 3.8) is 0 Å². The number of aryl methyl sites for hydroxylation is 1. The summed E-state index contributed by atoms with van der Waals surface area (Å²) in [5, 5.41) is 11.5. The van der Waals surface area contributed by atoms with Crippen LogP contribution in [0.25, 0.3) is 0 Å². The zero-order chi connectivity index (χ0) is 17.2. The molecule has 2 aliphatic rings. The number of amides is 1. The lowest BCUT2D eigenvalue weighted by Gasteiger charge is -2.23. The van der Waals surface area contributed by atoms with Crippen molar-refractivity contribution in [1.29, 1.82) is 0 Å². The van der Waals surface area contributed by atoms with Gasteiger partial charge in [-0.25, -0.2) is 4.68 Å². The first kappa shape index (κ1) is 16.2. The Morgan fingerprint density at radius 1 is 1.24 bits per heavy atom. The maximum Gasteiger partial charge on any atom is 0.257 e. The highest BCUT2D eigenvalue weighted by Gasteiger charge is 2.31. The molecule has 0 bridgehead atoms. The minimum atomic E-state index is 0.0335. The quantitative estimate of drug-likeness (QED) is 0.894. The first-order valence-electron chi connectivity index (χ1n) is 9.48. The summed E-state index contributed by atoms with van der Waals surface area (Å²) in [7, 11) is 0. The van der Waals surface area contributed by atoms with E-state index in [1.807, 2.05) is 22.9 Å². The first-order valence-corrected chi connectivity index (χ1v) is 9.48. The lowest BCUT2D eigenvalue weighted by molar-refractivity contribution is 0.0927. The van der Waals surface area contributed by atoms with E-state index in [-0.39, 0.29) is 11.9 Å². The van der Waals surface area contributed by atoms with E-state index < -0.39 is 0 Å². The van der Waals surface area contributed by atoms with Crippen LogP contribution in [0, 0.1) is 0 Å². The van der Waals surface area contributed by atoms with Gasteiger partial charge in [0.25, 0.3) is 5.91 Å². The van der Waals surface area contributed by atoms with Crippen molar-refractivity contribution < 1.29 is 4.79 Å². The average molecular weight is 338 g/mol. The Balaban J connectivity index is 1.56. The second-order valence-corrected chi connectivity index (χ2v) is 7.12. The third-order valence-corrected chi connectivity index (χ3v) is 5.40. The van der Waals surface area contributed by atoms with Gasteiger partial charge < -0.3 is 10.6 Å². The number of hydrogen-bond donors (Lipinski definition) is 2. The van der Waals surface area contributed by atoms with Crippen LogP contribution in [-0.4, -0.2) is 21.7 Å². The van der Waals surface area contributed by atoms with Crippen molar-refractivity contribution in [3.8, 4) is 0 Å². The van der Waals surface area contributed by atoms with Gasteiger partial charge in [-0.1, -0.05) is 56.5 Å². The van der Waals surface area contributed by atoms with Crippen molar-refractivity contribution in [2.75, 3.05) is 5.32 Å². The summed E-state index contributed by atoms with van der Waals surface area (Å²) in [6, 6.07) is 10.8. The van der Waals surface area contributed by atoms with Gasteiger partial charge in [0.2, 0.25) is 0 Å². The van der Waals surface area contributed by atoms with Crippen LogP contribution in [0.4, 0.5) is 5.82 Å². The number of carbonyl (C=O) groups is 1. The SMILES string of the molecule is CCc1nn2c(c1C(=O)NC1CCCCC1)NC(c1ccccc1)C2. The molecule has 1 aliphatic carbocycles. The zero-order valence-corrected chi connectivity index (χ0v) is 14.8. The minimum absolute atomic E-state index is 0.0335. The summed E-state index contributed by atoms with van der Waals surface area (Å²) >= 11 is 0. The largest absolute Gasteiger partial charge is 0.361 e. The molecule has 2 aromatic rings. The fourth-order valence-electron chi connectivity index (χ4n) is 4.04. The minimum Gasteiger partial charge on any atom is -0.361 e. The van der Waals surface area contributed by atoms with Crippen LogP contribution < -0.4 is 10.6 Å². The van der Waals surface area contributed by atoms with E-state index in [0.717, 1.165) is 42.9 Å². The number of nitrogens with zero attached hydrogens (tertiary/aromatic N) is 2. The van der Waals surface area contributed by atoms with E-state index in [9.17, 15) is 4.79 Å². The summed E-state index contributed by atoms with van der Waals surface area (Å²) in [6.45, 7) is 2.83. The molecule has 1 aromatic heterocycles. The highest BCUT2D eigenvalue weighted by atomic mass is 16.1. The van der Waals surface area contributed by atoms with E-state index in [4.69, 9.17) is 5.10 Å². The lowest BCUT2D eigenvalue weighted by atomic mass is 9.95. The Hall–Kier alpha value is -2.30. The number of hydrogen-bond acceptors (Lipinski definition) is 3. The molecular formula is C20H26N4O. The first-order chi connectivity index (χ1) is 12.3. The predicted octanol–water partition coefficient (Wildman–Crippen LogP) is 3.67. The average Bonchev–Trinajstić information content (AvgIpc) is 3.20. The van der Waals surface area contributed by atoms with E-state index in [1.54, 1.807) is 0 Å². The number of anilines is 1. The molecule has 0 saturated heterocycles. The normalized spacial score (nSPS) is 20.1. The second-order valence-electron chi connectivity index (χ2n) is 7.12. The molecule has 1 aliphatic heterocycles. The van der Waals surface area contributed by atoms with Crippen molar-refractivity contribution in [3.05, 3.63) is 47.2 Å². The van der Waals surface area contributed by atoms with Gasteiger partial charge in [-0.3, -0.25) is 4.79 Å². The van der Waals surface area contributed by atoms with Gasteiger partial charge in [0.15, 0.2) is 0 Å². The van der Waals surface area contributed by atoms with Crippen LogP contribution in [0.3, 0.4) is 0 Å². The predicted molar refractivity (Wildman–Crippen MR) is 98.7 cm³/mol. The molecule has 1 atom stereocenters. The van der Waals surface area contributed by atoms with E-state index >= 15 is 0 Å². The summed E-state index contributed by atoms with van der Waals surface area (Å²) in [5.41, 5.74) is 2.86. The molecule has 1 amide bonds. The van der Waals surface area contributed by atoms with Gasteiger partial charge in [0.05, 0.1) is 18.3 Å². The third kappa shape index (κ3) is 3.15. The van der Waals surface area contributed by atoms with Crippen LogP contribution in [-0.2, 0) is 13.0 Å². The molecule has 0 radical (unpaired) electrons. The van der Waals surface area contributed by atoms with Gasteiger partial charge in [-0.2, -0.15) is 5.10 Å². The molecule has 1 unspecified atom stereocenters. The van der Waals surface area contributed by atoms with Crippen LogP contribution in [0.1, 0.15) is 66.7 Å². The van der Waals surface area contributed by atoms with Gasteiger partial charge in [0.1, 0.15) is 11.4 Å². The van der Waals surface area contributed by atoms with Crippen molar-refractivity contribution in [1.82, 2.24) is 15.1 Å². The maximum atomic E-state index is 13.0. The molecule has 4 rings (SSSR count). The van der Waals surface area contributed by atoms with E-state index in [2.05, 4.69) is 29.7 Å². The standard InChI is InChI=1S/C20H26N4O/c1-2-16-18(20(25)21-15-11-7-4-8-12-15)19-22-17(13-24(19)23-16)14-9-5-3-6-10-14/h3,5-6,9-10,15,17,22H,2,4,7-8,11-13H2,1H3,(H,21,25). The Bertz CT molecular complexity index is 747. The highest BCUT2D eigenvalue weighted by Crippen LogP contribution is 2.33.